The highest BCUT2D eigenvalue weighted by molar-refractivity contribution is 5.68. The van der Waals surface area contributed by atoms with Gasteiger partial charge in [0, 0.05) is 13.2 Å². The highest BCUT2D eigenvalue weighted by Crippen LogP contribution is 2.20. The number of ether oxygens (including phenoxy) is 1. The van der Waals surface area contributed by atoms with E-state index < -0.39 is 23.8 Å². The summed E-state index contributed by atoms with van der Waals surface area (Å²) in [6.07, 6.45) is 0.646. The molecule has 6 heteroatoms. The molecule has 0 radical (unpaired) electrons. The van der Waals surface area contributed by atoms with E-state index in [1.165, 1.54) is 0 Å². The number of nitrogens with one attached hydrogen (secondary N) is 1. The molecular formula is C18H25N3O3. The van der Waals surface area contributed by atoms with Crippen molar-refractivity contribution in [3.05, 3.63) is 53.9 Å². The molecule has 1 amide bonds. The maximum Gasteiger partial charge on any atom is 0.407 e. The molecule has 0 bridgehead atoms. The zero-order chi connectivity index (χ0) is 17.7. The number of hydrogen-bond acceptors (Lipinski definition) is 4. The van der Waals surface area contributed by atoms with Gasteiger partial charge in [-0.05, 0) is 38.8 Å². The number of benzene rings is 1. The van der Waals surface area contributed by atoms with Crippen LogP contribution in [0.2, 0.25) is 0 Å². The number of alkyl carbamates (subject to hydrolysis) is 1. The molecule has 6 nitrogen and oxygen atoms in total. The minimum Gasteiger partial charge on any atom is -0.444 e. The third kappa shape index (κ3) is 5.09. The van der Waals surface area contributed by atoms with Crippen LogP contribution in [0.15, 0.2) is 42.6 Å². The minimum absolute atomic E-state index is 0.479. The summed E-state index contributed by atoms with van der Waals surface area (Å²) in [5.74, 6) is 0. The molecule has 2 rings (SSSR count). The normalized spacial score (nSPS) is 14.0. The average Bonchev–Trinajstić information content (AvgIpc) is 2.91. The third-order valence-corrected chi connectivity index (χ3v) is 3.54. The number of aliphatic hydroxyl groups excluding tert-OH is 1. The van der Waals surface area contributed by atoms with Gasteiger partial charge in [-0.2, -0.15) is 5.10 Å². The van der Waals surface area contributed by atoms with Crippen molar-refractivity contribution in [1.82, 2.24) is 15.1 Å². The van der Waals surface area contributed by atoms with E-state index in [4.69, 9.17) is 4.74 Å². The molecule has 0 aliphatic heterocycles. The lowest BCUT2D eigenvalue weighted by molar-refractivity contribution is 0.0413. The lowest BCUT2D eigenvalue weighted by atomic mass is 9.99. The van der Waals surface area contributed by atoms with E-state index in [0.717, 1.165) is 5.56 Å². The smallest absolute Gasteiger partial charge is 0.407 e. The number of nitrogens with zero attached hydrogens (tertiary/aromatic N) is 2. The van der Waals surface area contributed by atoms with Gasteiger partial charge in [-0.1, -0.05) is 30.3 Å². The van der Waals surface area contributed by atoms with Crippen molar-refractivity contribution in [2.75, 3.05) is 0 Å². The summed E-state index contributed by atoms with van der Waals surface area (Å²) in [6.45, 7) is 5.41. The maximum atomic E-state index is 12.2. The van der Waals surface area contributed by atoms with Crippen LogP contribution in [0.4, 0.5) is 4.79 Å². The van der Waals surface area contributed by atoms with Gasteiger partial charge < -0.3 is 15.2 Å². The molecule has 2 aromatic rings. The van der Waals surface area contributed by atoms with Crippen LogP contribution in [-0.2, 0) is 18.2 Å². The van der Waals surface area contributed by atoms with Gasteiger partial charge in [0.15, 0.2) is 0 Å². The zero-order valence-corrected chi connectivity index (χ0v) is 14.6. The fourth-order valence-corrected chi connectivity index (χ4v) is 2.45. The van der Waals surface area contributed by atoms with Gasteiger partial charge in [0.25, 0.3) is 0 Å². The molecule has 0 aliphatic rings. The highest BCUT2D eigenvalue weighted by atomic mass is 16.6. The summed E-state index contributed by atoms with van der Waals surface area (Å²) >= 11 is 0. The summed E-state index contributed by atoms with van der Waals surface area (Å²) in [6, 6.07) is 10.9. The first-order valence-corrected chi connectivity index (χ1v) is 7.95. The van der Waals surface area contributed by atoms with E-state index in [2.05, 4.69) is 10.4 Å². The van der Waals surface area contributed by atoms with Crippen LogP contribution in [-0.4, -0.2) is 32.6 Å². The first kappa shape index (κ1) is 18.0. The molecule has 0 aliphatic carbocycles. The van der Waals surface area contributed by atoms with Crippen molar-refractivity contribution in [2.24, 2.45) is 7.05 Å². The summed E-state index contributed by atoms with van der Waals surface area (Å²) in [4.78, 5) is 12.2. The highest BCUT2D eigenvalue weighted by Gasteiger charge is 2.27. The Morgan fingerprint density at radius 3 is 2.50 bits per heavy atom. The topological polar surface area (TPSA) is 76.4 Å². The number of aliphatic hydroxyl groups is 1. The van der Waals surface area contributed by atoms with E-state index in [1.54, 1.807) is 44.8 Å². The number of carbonyl (C=O) groups is 1. The molecule has 1 heterocycles. The molecule has 1 aromatic heterocycles. The van der Waals surface area contributed by atoms with Crippen molar-refractivity contribution in [2.45, 2.75) is 44.9 Å². The number of aromatic nitrogens is 2. The van der Waals surface area contributed by atoms with Gasteiger partial charge in [-0.3, -0.25) is 4.68 Å². The molecule has 1 aromatic carbocycles. The second kappa shape index (κ2) is 7.49. The van der Waals surface area contributed by atoms with Crippen LogP contribution in [0.3, 0.4) is 0 Å². The number of amides is 1. The Bertz CT molecular complexity index is 662. The van der Waals surface area contributed by atoms with Gasteiger partial charge in [-0.25, -0.2) is 4.79 Å². The zero-order valence-electron chi connectivity index (χ0n) is 14.6. The van der Waals surface area contributed by atoms with Crippen LogP contribution < -0.4 is 5.32 Å². The average molecular weight is 331 g/mol. The quantitative estimate of drug-likeness (QED) is 0.883. The van der Waals surface area contributed by atoms with Crippen molar-refractivity contribution in [1.29, 1.82) is 0 Å². The van der Waals surface area contributed by atoms with Crippen LogP contribution in [0, 0.1) is 0 Å². The second-order valence-corrected chi connectivity index (χ2v) is 6.77. The number of aryl methyl sites for hydroxylation is 1. The van der Waals surface area contributed by atoms with E-state index in [0.29, 0.717) is 12.1 Å². The van der Waals surface area contributed by atoms with Gasteiger partial charge in [0.05, 0.1) is 11.7 Å². The summed E-state index contributed by atoms with van der Waals surface area (Å²) in [5.41, 5.74) is 1.05. The molecule has 2 atom stereocenters. The summed E-state index contributed by atoms with van der Waals surface area (Å²) in [7, 11) is 1.76. The van der Waals surface area contributed by atoms with Crippen molar-refractivity contribution in [3.63, 3.8) is 0 Å². The van der Waals surface area contributed by atoms with Crippen LogP contribution in [0.25, 0.3) is 0 Å². The Morgan fingerprint density at radius 2 is 1.96 bits per heavy atom. The lowest BCUT2D eigenvalue weighted by Gasteiger charge is -2.27. The fourth-order valence-electron chi connectivity index (χ4n) is 2.45. The summed E-state index contributed by atoms with van der Waals surface area (Å²) < 4.78 is 6.92. The predicted molar refractivity (Wildman–Crippen MR) is 91.5 cm³/mol. The summed E-state index contributed by atoms with van der Waals surface area (Å²) in [5, 5.41) is 17.6. The van der Waals surface area contributed by atoms with Crippen molar-refractivity contribution < 1.29 is 14.6 Å². The number of hydrogen-bond donors (Lipinski definition) is 2. The molecule has 2 N–H and O–H groups in total. The van der Waals surface area contributed by atoms with E-state index in [1.807, 2.05) is 30.3 Å². The molecular weight excluding hydrogens is 306 g/mol. The standard InChI is InChI=1S/C18H25N3O3/c1-18(2,3)24-17(23)20-14(12-13-8-6-5-7-9-13)16(22)15-10-11-19-21(15)4/h5-11,14,16,22H,12H2,1-4H3,(H,20,23). The van der Waals surface area contributed by atoms with E-state index >= 15 is 0 Å². The lowest BCUT2D eigenvalue weighted by Crippen LogP contribution is -2.44. The largest absolute Gasteiger partial charge is 0.444 e. The molecule has 0 spiro atoms. The number of carbonyl (C=O) groups excluding carboxylic acids is 1. The van der Waals surface area contributed by atoms with Gasteiger partial charge in [-0.15, -0.1) is 0 Å². The number of rotatable bonds is 5. The van der Waals surface area contributed by atoms with Gasteiger partial charge >= 0.3 is 6.09 Å². The van der Waals surface area contributed by atoms with Crippen molar-refractivity contribution in [3.8, 4) is 0 Å². The Kier molecular flexibility index (Phi) is 5.62. The third-order valence-electron chi connectivity index (χ3n) is 3.54. The fraction of sp³-hybridized carbons (Fsp3) is 0.444. The molecule has 2 unspecified atom stereocenters. The van der Waals surface area contributed by atoms with Gasteiger partial charge in [0.2, 0.25) is 0 Å². The first-order valence-electron chi connectivity index (χ1n) is 7.95. The molecule has 0 fully saturated rings. The Balaban J connectivity index is 2.18. The van der Waals surface area contributed by atoms with E-state index in [-0.39, 0.29) is 0 Å². The van der Waals surface area contributed by atoms with Gasteiger partial charge in [0.1, 0.15) is 11.7 Å². The Labute approximate surface area is 142 Å². The van der Waals surface area contributed by atoms with Crippen LogP contribution >= 0.6 is 0 Å². The van der Waals surface area contributed by atoms with E-state index in [9.17, 15) is 9.90 Å². The SMILES string of the molecule is Cn1nccc1C(O)C(Cc1ccccc1)NC(=O)OC(C)(C)C. The van der Waals surface area contributed by atoms with Crippen molar-refractivity contribution >= 4 is 6.09 Å². The van der Waals surface area contributed by atoms with Crippen LogP contribution in [0.1, 0.15) is 38.1 Å². The molecule has 130 valence electrons. The Hall–Kier alpha value is -2.34. The molecule has 0 saturated heterocycles. The van der Waals surface area contributed by atoms with Crippen LogP contribution in [0.5, 0.6) is 0 Å². The Morgan fingerprint density at radius 1 is 1.29 bits per heavy atom. The maximum absolute atomic E-state index is 12.2. The first-order chi connectivity index (χ1) is 11.3. The monoisotopic (exact) mass is 331 g/mol. The molecule has 24 heavy (non-hydrogen) atoms. The minimum atomic E-state index is -0.898. The second-order valence-electron chi connectivity index (χ2n) is 6.77. The molecule has 0 saturated carbocycles. The predicted octanol–water partition coefficient (Wildman–Crippen LogP) is 2.59.